The Morgan fingerprint density at radius 3 is 2.39 bits per heavy atom. The van der Waals surface area contributed by atoms with Crippen LogP contribution >= 0.6 is 23.2 Å². The van der Waals surface area contributed by atoms with Gasteiger partial charge < -0.3 is 5.32 Å². The van der Waals surface area contributed by atoms with Crippen molar-refractivity contribution in [3.05, 3.63) is 33.8 Å². The second-order valence-corrected chi connectivity index (χ2v) is 8.91. The van der Waals surface area contributed by atoms with Crippen molar-refractivity contribution in [2.45, 2.75) is 44.9 Å². The Kier molecular flexibility index (Phi) is 4.09. The van der Waals surface area contributed by atoms with Crippen LogP contribution < -0.4 is 5.32 Å². The zero-order chi connectivity index (χ0) is 16.0. The number of amides is 1. The third-order valence-electron chi connectivity index (χ3n) is 6.28. The first-order valence-electron chi connectivity index (χ1n) is 8.76. The fraction of sp³-hybridized carbons (Fsp3) is 0.632. The van der Waals surface area contributed by atoms with Crippen molar-refractivity contribution < 1.29 is 4.79 Å². The minimum Gasteiger partial charge on any atom is -0.351 e. The molecule has 4 aliphatic rings. The van der Waals surface area contributed by atoms with Crippen molar-refractivity contribution in [1.29, 1.82) is 0 Å². The Morgan fingerprint density at radius 2 is 1.74 bits per heavy atom. The number of carbonyl (C=O) groups is 1. The van der Waals surface area contributed by atoms with E-state index in [4.69, 9.17) is 23.2 Å². The second kappa shape index (κ2) is 5.97. The van der Waals surface area contributed by atoms with Gasteiger partial charge in [-0.25, -0.2) is 0 Å². The molecule has 124 valence electrons. The highest BCUT2D eigenvalue weighted by atomic mass is 35.5. The van der Waals surface area contributed by atoms with Gasteiger partial charge in [-0.3, -0.25) is 4.79 Å². The van der Waals surface area contributed by atoms with Gasteiger partial charge in [0.05, 0.1) is 10.6 Å². The van der Waals surface area contributed by atoms with Crippen LogP contribution in [0.5, 0.6) is 0 Å². The van der Waals surface area contributed by atoms with Crippen LogP contribution in [0.2, 0.25) is 10.0 Å². The SMILES string of the molecule is O=C(NCC12CC3C[C@@H](CC[C@@H](C3)C1)C2)c1ccc(Cl)cc1Cl. The molecule has 0 aliphatic heterocycles. The number of carbonyl (C=O) groups excluding carboxylic acids is 1. The Hall–Kier alpha value is -0.730. The molecule has 4 aliphatic carbocycles. The number of hydrogen-bond donors (Lipinski definition) is 1. The lowest BCUT2D eigenvalue weighted by Gasteiger charge is -2.48. The molecule has 5 rings (SSSR count). The Balaban J connectivity index is 1.47. The smallest absolute Gasteiger partial charge is 0.252 e. The van der Waals surface area contributed by atoms with Gasteiger partial charge in [-0.1, -0.05) is 36.0 Å². The molecule has 23 heavy (non-hydrogen) atoms. The second-order valence-electron chi connectivity index (χ2n) is 8.07. The van der Waals surface area contributed by atoms with E-state index in [1.165, 1.54) is 44.9 Å². The summed E-state index contributed by atoms with van der Waals surface area (Å²) in [5.74, 6) is 2.60. The van der Waals surface area contributed by atoms with E-state index in [1.807, 2.05) is 0 Å². The van der Waals surface area contributed by atoms with Gasteiger partial charge >= 0.3 is 0 Å². The molecule has 4 bridgehead atoms. The summed E-state index contributed by atoms with van der Waals surface area (Å²) in [6, 6.07) is 5.07. The summed E-state index contributed by atoms with van der Waals surface area (Å²) in [5, 5.41) is 4.17. The molecule has 0 radical (unpaired) electrons. The quantitative estimate of drug-likeness (QED) is 0.783. The largest absolute Gasteiger partial charge is 0.351 e. The van der Waals surface area contributed by atoms with Gasteiger partial charge in [0.15, 0.2) is 0 Å². The molecule has 1 aromatic rings. The maximum Gasteiger partial charge on any atom is 0.252 e. The zero-order valence-electron chi connectivity index (χ0n) is 13.3. The van der Waals surface area contributed by atoms with E-state index in [1.54, 1.807) is 18.2 Å². The average Bonchev–Trinajstić information content (AvgIpc) is 2.71. The molecule has 0 heterocycles. The molecule has 1 amide bonds. The maximum atomic E-state index is 12.5. The van der Waals surface area contributed by atoms with Crippen LogP contribution in [0.25, 0.3) is 0 Å². The first kappa shape index (κ1) is 15.8. The van der Waals surface area contributed by atoms with Crippen molar-refractivity contribution in [1.82, 2.24) is 5.32 Å². The third kappa shape index (κ3) is 3.13. The van der Waals surface area contributed by atoms with Gasteiger partial charge in [0.25, 0.3) is 5.91 Å². The maximum absolute atomic E-state index is 12.5. The Bertz CT molecular complexity index is 614. The molecule has 4 fully saturated rings. The van der Waals surface area contributed by atoms with Gasteiger partial charge in [-0.15, -0.1) is 0 Å². The van der Waals surface area contributed by atoms with E-state index in [9.17, 15) is 4.79 Å². The van der Waals surface area contributed by atoms with Gasteiger partial charge in [0.1, 0.15) is 0 Å². The minimum absolute atomic E-state index is 0.0684. The van der Waals surface area contributed by atoms with Gasteiger partial charge in [-0.05, 0) is 73.5 Å². The molecule has 0 saturated heterocycles. The van der Waals surface area contributed by atoms with Crippen molar-refractivity contribution in [3.8, 4) is 0 Å². The number of benzene rings is 1. The Morgan fingerprint density at radius 1 is 1.09 bits per heavy atom. The van der Waals surface area contributed by atoms with E-state index in [0.29, 0.717) is 21.0 Å². The molecule has 0 spiro atoms. The Labute approximate surface area is 147 Å². The lowest BCUT2D eigenvalue weighted by molar-refractivity contribution is 0.0338. The highest BCUT2D eigenvalue weighted by molar-refractivity contribution is 6.36. The molecule has 4 atom stereocenters. The molecular weight excluding hydrogens is 329 g/mol. The topological polar surface area (TPSA) is 29.1 Å². The zero-order valence-corrected chi connectivity index (χ0v) is 14.8. The van der Waals surface area contributed by atoms with E-state index in [2.05, 4.69) is 5.32 Å². The standard InChI is InChI=1S/C19H23Cl2NO/c20-15-3-4-16(17(21)7-15)18(23)22-11-19-8-12-1-2-13(9-19)6-14(5-12)10-19/h3-4,7,12-14H,1-2,5-6,8-11H2,(H,22,23)/t12-,13+,14?,19?. The molecule has 1 aromatic carbocycles. The van der Waals surface area contributed by atoms with Crippen LogP contribution in [0, 0.1) is 23.2 Å². The van der Waals surface area contributed by atoms with Crippen molar-refractivity contribution in [2.75, 3.05) is 6.54 Å². The van der Waals surface area contributed by atoms with Crippen LogP contribution in [0.15, 0.2) is 18.2 Å². The fourth-order valence-electron chi connectivity index (χ4n) is 5.62. The van der Waals surface area contributed by atoms with Gasteiger partial charge in [0, 0.05) is 11.6 Å². The molecular formula is C19H23Cl2NO. The number of rotatable bonds is 3. The summed E-state index contributed by atoms with van der Waals surface area (Å²) in [4.78, 5) is 12.5. The van der Waals surface area contributed by atoms with Crippen molar-refractivity contribution in [3.63, 3.8) is 0 Å². The summed E-state index contributed by atoms with van der Waals surface area (Å²) in [7, 11) is 0. The van der Waals surface area contributed by atoms with Crippen LogP contribution in [-0.4, -0.2) is 12.5 Å². The van der Waals surface area contributed by atoms with E-state index < -0.39 is 0 Å². The van der Waals surface area contributed by atoms with Gasteiger partial charge in [0.2, 0.25) is 0 Å². The number of nitrogens with one attached hydrogen (secondary N) is 1. The van der Waals surface area contributed by atoms with Crippen molar-refractivity contribution >= 4 is 29.1 Å². The first-order valence-corrected chi connectivity index (χ1v) is 9.52. The fourth-order valence-corrected chi connectivity index (χ4v) is 6.12. The van der Waals surface area contributed by atoms with Crippen LogP contribution in [0.3, 0.4) is 0 Å². The average molecular weight is 352 g/mol. The molecule has 4 heteroatoms. The minimum atomic E-state index is -0.0684. The highest BCUT2D eigenvalue weighted by Gasteiger charge is 2.48. The van der Waals surface area contributed by atoms with Crippen molar-refractivity contribution in [2.24, 2.45) is 23.2 Å². The molecule has 1 N–H and O–H groups in total. The first-order chi connectivity index (χ1) is 11.0. The molecule has 2 nitrogen and oxygen atoms in total. The molecule has 2 unspecified atom stereocenters. The summed E-state index contributed by atoms with van der Waals surface area (Å²) < 4.78 is 0. The van der Waals surface area contributed by atoms with Crippen LogP contribution in [0.4, 0.5) is 0 Å². The number of fused-ring (bicyclic) bond motifs is 1. The van der Waals surface area contributed by atoms with E-state index >= 15 is 0 Å². The van der Waals surface area contributed by atoms with Gasteiger partial charge in [-0.2, -0.15) is 0 Å². The molecule has 0 aromatic heterocycles. The van der Waals surface area contributed by atoms with Crippen LogP contribution in [0.1, 0.15) is 55.3 Å². The summed E-state index contributed by atoms with van der Waals surface area (Å²) in [6.07, 6.45) is 9.56. The summed E-state index contributed by atoms with van der Waals surface area (Å²) in [5.41, 5.74) is 0.861. The predicted octanol–water partition coefficient (Wildman–Crippen LogP) is 5.33. The normalized spacial score (nSPS) is 35.1. The summed E-state index contributed by atoms with van der Waals surface area (Å²) in [6.45, 7) is 0.800. The summed E-state index contributed by atoms with van der Waals surface area (Å²) >= 11 is 12.1. The predicted molar refractivity (Wildman–Crippen MR) is 94.0 cm³/mol. The monoisotopic (exact) mass is 351 g/mol. The third-order valence-corrected chi connectivity index (χ3v) is 6.83. The van der Waals surface area contributed by atoms with E-state index in [0.717, 1.165) is 24.3 Å². The van der Waals surface area contributed by atoms with Crippen LogP contribution in [-0.2, 0) is 0 Å². The highest BCUT2D eigenvalue weighted by Crippen LogP contribution is 2.57. The van der Waals surface area contributed by atoms with E-state index in [-0.39, 0.29) is 5.91 Å². The number of halogens is 2. The molecule has 4 saturated carbocycles. The lowest BCUT2D eigenvalue weighted by atomic mass is 9.58. The lowest BCUT2D eigenvalue weighted by Crippen LogP contribution is -2.45. The number of hydrogen-bond acceptors (Lipinski definition) is 1.